The average molecular weight is 256 g/mol. The maximum atomic E-state index is 13.1. The maximum Gasteiger partial charge on any atom is 0.227 e. The lowest BCUT2D eigenvalue weighted by Crippen LogP contribution is -2.03. The predicted octanol–water partition coefficient (Wildman–Crippen LogP) is 3.14. The summed E-state index contributed by atoms with van der Waals surface area (Å²) in [7, 11) is 0. The molecule has 0 bridgehead atoms. The van der Waals surface area contributed by atoms with Gasteiger partial charge in [-0.1, -0.05) is 18.2 Å². The Kier molecular flexibility index (Phi) is 3.01. The molecule has 0 atom stereocenters. The minimum Gasteiger partial charge on any atom is -0.436 e. The second kappa shape index (κ2) is 4.82. The molecule has 0 amide bonds. The quantitative estimate of drug-likeness (QED) is 0.783. The van der Waals surface area contributed by atoms with Crippen molar-refractivity contribution in [3.63, 3.8) is 0 Å². The Morgan fingerprint density at radius 1 is 1.16 bits per heavy atom. The minimum absolute atomic E-state index is 0.328. The second-order valence-corrected chi connectivity index (χ2v) is 4.33. The zero-order valence-corrected chi connectivity index (χ0v) is 10.3. The number of rotatable bonds is 3. The molecule has 0 radical (unpaired) electrons. The highest BCUT2D eigenvalue weighted by molar-refractivity contribution is 5.76. The molecule has 0 aliphatic heterocycles. The highest BCUT2D eigenvalue weighted by Crippen LogP contribution is 2.27. The lowest BCUT2D eigenvalue weighted by molar-refractivity contribution is 0.602. The van der Waals surface area contributed by atoms with Crippen molar-refractivity contribution in [3.05, 3.63) is 53.8 Å². The van der Waals surface area contributed by atoms with E-state index < -0.39 is 0 Å². The van der Waals surface area contributed by atoms with E-state index in [4.69, 9.17) is 10.2 Å². The molecule has 96 valence electrons. The first kappa shape index (κ1) is 11.9. The number of fused-ring (bicyclic) bond motifs is 1. The molecule has 2 N–H and O–H groups in total. The summed E-state index contributed by atoms with van der Waals surface area (Å²) in [6, 6.07) is 12.1. The number of oxazole rings is 1. The van der Waals surface area contributed by atoms with Gasteiger partial charge in [0.1, 0.15) is 11.3 Å². The van der Waals surface area contributed by atoms with Gasteiger partial charge in [0.05, 0.1) is 0 Å². The summed E-state index contributed by atoms with van der Waals surface area (Å²) in [5.74, 6) is 0.176. The smallest absolute Gasteiger partial charge is 0.227 e. The van der Waals surface area contributed by atoms with Crippen LogP contribution in [0.4, 0.5) is 4.39 Å². The van der Waals surface area contributed by atoms with Gasteiger partial charge in [-0.15, -0.1) is 0 Å². The fraction of sp³-hybridized carbons (Fsp3) is 0.133. The van der Waals surface area contributed by atoms with Crippen LogP contribution in [0.3, 0.4) is 0 Å². The van der Waals surface area contributed by atoms with Crippen LogP contribution in [0, 0.1) is 5.82 Å². The highest BCUT2D eigenvalue weighted by atomic mass is 19.1. The van der Waals surface area contributed by atoms with Crippen LogP contribution in [0.1, 0.15) is 5.56 Å². The molecule has 3 rings (SSSR count). The fourth-order valence-corrected chi connectivity index (χ4v) is 2.12. The van der Waals surface area contributed by atoms with Crippen molar-refractivity contribution in [2.45, 2.75) is 6.42 Å². The van der Waals surface area contributed by atoms with Gasteiger partial charge in [0.15, 0.2) is 5.58 Å². The molecule has 0 saturated heterocycles. The van der Waals surface area contributed by atoms with Crippen molar-refractivity contribution < 1.29 is 8.81 Å². The molecule has 3 aromatic rings. The van der Waals surface area contributed by atoms with Gasteiger partial charge in [0.25, 0.3) is 0 Å². The lowest BCUT2D eigenvalue weighted by atomic mass is 10.0. The van der Waals surface area contributed by atoms with Crippen LogP contribution >= 0.6 is 0 Å². The lowest BCUT2D eigenvalue weighted by Gasteiger charge is -2.04. The van der Waals surface area contributed by atoms with Crippen LogP contribution in [0.2, 0.25) is 0 Å². The summed E-state index contributed by atoms with van der Waals surface area (Å²) in [6.45, 7) is 0.561. The van der Waals surface area contributed by atoms with Crippen molar-refractivity contribution in [3.8, 4) is 11.5 Å². The van der Waals surface area contributed by atoms with E-state index in [9.17, 15) is 4.39 Å². The topological polar surface area (TPSA) is 52.0 Å². The van der Waals surface area contributed by atoms with Crippen LogP contribution < -0.4 is 5.73 Å². The van der Waals surface area contributed by atoms with Gasteiger partial charge in [-0.3, -0.25) is 0 Å². The molecule has 2 aromatic carbocycles. The first-order chi connectivity index (χ1) is 9.28. The number of nitrogens with two attached hydrogens (primary N) is 1. The zero-order chi connectivity index (χ0) is 13.2. The number of nitrogens with zero attached hydrogens (tertiary/aromatic N) is 1. The summed E-state index contributed by atoms with van der Waals surface area (Å²) in [5, 5.41) is 0. The number of halogens is 1. The summed E-state index contributed by atoms with van der Waals surface area (Å²) >= 11 is 0. The molecule has 0 saturated carbocycles. The third-order valence-electron chi connectivity index (χ3n) is 3.01. The Balaban J connectivity index is 2.13. The van der Waals surface area contributed by atoms with E-state index in [1.807, 2.05) is 24.3 Å². The average Bonchev–Trinajstić information content (AvgIpc) is 2.82. The maximum absolute atomic E-state index is 13.1. The minimum atomic E-state index is -0.328. The van der Waals surface area contributed by atoms with Gasteiger partial charge >= 0.3 is 0 Å². The van der Waals surface area contributed by atoms with Crippen molar-refractivity contribution >= 4 is 11.1 Å². The molecule has 0 unspecified atom stereocenters. The first-order valence-electron chi connectivity index (χ1n) is 6.12. The van der Waals surface area contributed by atoms with E-state index in [1.54, 1.807) is 6.07 Å². The van der Waals surface area contributed by atoms with E-state index in [-0.39, 0.29) is 5.82 Å². The molecular formula is C15H13FN2O. The van der Waals surface area contributed by atoms with Crippen molar-refractivity contribution in [1.29, 1.82) is 0 Å². The molecule has 0 spiro atoms. The molecule has 4 heteroatoms. The molecule has 0 fully saturated rings. The SMILES string of the molecule is NCCc1ccccc1-c1nc2ccc(F)cc2o1. The fourth-order valence-electron chi connectivity index (χ4n) is 2.12. The van der Waals surface area contributed by atoms with Gasteiger partial charge < -0.3 is 10.2 Å². The third kappa shape index (κ3) is 2.22. The number of hydrogen-bond donors (Lipinski definition) is 1. The first-order valence-corrected chi connectivity index (χ1v) is 6.12. The van der Waals surface area contributed by atoms with Crippen LogP contribution in [0.15, 0.2) is 46.9 Å². The van der Waals surface area contributed by atoms with E-state index in [1.165, 1.54) is 12.1 Å². The monoisotopic (exact) mass is 256 g/mol. The number of benzene rings is 2. The number of aromatic nitrogens is 1. The Morgan fingerprint density at radius 2 is 2.00 bits per heavy atom. The van der Waals surface area contributed by atoms with E-state index in [0.717, 1.165) is 17.5 Å². The molecule has 3 nitrogen and oxygen atoms in total. The molecule has 1 heterocycles. The van der Waals surface area contributed by atoms with Crippen LogP contribution in [0.25, 0.3) is 22.6 Å². The Labute approximate surface area is 109 Å². The summed E-state index contributed by atoms with van der Waals surface area (Å²) in [4.78, 5) is 4.39. The predicted molar refractivity (Wildman–Crippen MR) is 72.2 cm³/mol. The second-order valence-electron chi connectivity index (χ2n) is 4.33. The highest BCUT2D eigenvalue weighted by Gasteiger charge is 2.11. The molecule has 0 aliphatic rings. The van der Waals surface area contributed by atoms with E-state index >= 15 is 0 Å². The standard InChI is InChI=1S/C15H13FN2O/c16-11-5-6-13-14(9-11)19-15(18-13)12-4-2-1-3-10(12)7-8-17/h1-6,9H,7-8,17H2. The van der Waals surface area contributed by atoms with Gasteiger partial charge in [-0.05, 0) is 36.7 Å². The van der Waals surface area contributed by atoms with E-state index in [0.29, 0.717) is 23.5 Å². The van der Waals surface area contributed by atoms with Crippen LogP contribution in [-0.4, -0.2) is 11.5 Å². The third-order valence-corrected chi connectivity index (χ3v) is 3.01. The van der Waals surface area contributed by atoms with Crippen molar-refractivity contribution in [2.75, 3.05) is 6.54 Å². The molecular weight excluding hydrogens is 243 g/mol. The van der Waals surface area contributed by atoms with Crippen LogP contribution in [-0.2, 0) is 6.42 Å². The van der Waals surface area contributed by atoms with Gasteiger partial charge in [0.2, 0.25) is 5.89 Å². The Bertz CT molecular complexity index is 721. The van der Waals surface area contributed by atoms with Gasteiger partial charge in [0, 0.05) is 11.6 Å². The largest absolute Gasteiger partial charge is 0.436 e. The number of hydrogen-bond acceptors (Lipinski definition) is 3. The molecule has 0 aliphatic carbocycles. The normalized spacial score (nSPS) is 11.1. The van der Waals surface area contributed by atoms with Gasteiger partial charge in [-0.2, -0.15) is 0 Å². The Hall–Kier alpha value is -2.20. The van der Waals surface area contributed by atoms with Crippen molar-refractivity contribution in [1.82, 2.24) is 4.98 Å². The van der Waals surface area contributed by atoms with Gasteiger partial charge in [-0.25, -0.2) is 9.37 Å². The summed E-state index contributed by atoms with van der Waals surface area (Å²) in [6.07, 6.45) is 0.753. The van der Waals surface area contributed by atoms with Crippen LogP contribution in [0.5, 0.6) is 0 Å². The summed E-state index contributed by atoms with van der Waals surface area (Å²) in [5.41, 5.74) is 8.70. The Morgan fingerprint density at radius 3 is 2.84 bits per heavy atom. The zero-order valence-electron chi connectivity index (χ0n) is 10.3. The van der Waals surface area contributed by atoms with Crippen molar-refractivity contribution in [2.24, 2.45) is 5.73 Å². The molecule has 1 aromatic heterocycles. The molecule has 19 heavy (non-hydrogen) atoms. The van der Waals surface area contributed by atoms with E-state index in [2.05, 4.69) is 4.98 Å². The summed E-state index contributed by atoms with van der Waals surface area (Å²) < 4.78 is 18.8.